The second-order valence-electron chi connectivity index (χ2n) is 7.20. The van der Waals surface area contributed by atoms with Crippen LogP contribution < -0.4 is 16.4 Å². The average Bonchev–Trinajstić information content (AvgIpc) is 3.18. The number of aromatic nitrogens is 5. The first-order valence-electron chi connectivity index (χ1n) is 9.85. The third kappa shape index (κ3) is 3.79. The van der Waals surface area contributed by atoms with Gasteiger partial charge in [-0.15, -0.1) is 0 Å². The van der Waals surface area contributed by atoms with Gasteiger partial charge < -0.3 is 20.9 Å². The minimum atomic E-state index is -0.410. The summed E-state index contributed by atoms with van der Waals surface area (Å²) in [5, 5.41) is 7.16. The Bertz CT molecular complexity index is 1410. The molecule has 0 saturated carbocycles. The highest BCUT2D eigenvalue weighted by Gasteiger charge is 2.10. The van der Waals surface area contributed by atoms with E-state index in [1.807, 2.05) is 42.1 Å². The Morgan fingerprint density at radius 3 is 2.56 bits per heavy atom. The molecule has 0 saturated heterocycles. The summed E-state index contributed by atoms with van der Waals surface area (Å²) in [6.07, 6.45) is 6.96. The maximum atomic E-state index is 14.9. The van der Waals surface area contributed by atoms with Gasteiger partial charge in [0, 0.05) is 54.5 Å². The van der Waals surface area contributed by atoms with Gasteiger partial charge in [-0.3, -0.25) is 4.98 Å². The molecule has 4 aromatic heterocycles. The lowest BCUT2D eigenvalue weighted by atomic mass is 10.2. The van der Waals surface area contributed by atoms with E-state index in [4.69, 9.17) is 5.73 Å². The third-order valence-electron chi connectivity index (χ3n) is 5.00. The monoisotopic (exact) mass is 426 g/mol. The molecule has 0 amide bonds. The lowest BCUT2D eigenvalue weighted by molar-refractivity contribution is 0.632. The minimum Gasteiger partial charge on any atom is -0.368 e. The van der Waals surface area contributed by atoms with Crippen LogP contribution in [-0.4, -0.2) is 24.5 Å². The van der Waals surface area contributed by atoms with Gasteiger partial charge in [0.15, 0.2) is 0 Å². The molecule has 0 aliphatic carbocycles. The molecule has 0 atom stereocenters. The summed E-state index contributed by atoms with van der Waals surface area (Å²) in [4.78, 5) is 16.8. The highest BCUT2D eigenvalue weighted by Crippen LogP contribution is 2.29. The summed E-state index contributed by atoms with van der Waals surface area (Å²) in [6, 6.07) is 14.0. The average molecular weight is 426 g/mol. The summed E-state index contributed by atoms with van der Waals surface area (Å²) in [7, 11) is 1.92. The van der Waals surface area contributed by atoms with Gasteiger partial charge in [0.25, 0.3) is 0 Å². The molecular formula is C23H19FN8. The van der Waals surface area contributed by atoms with E-state index in [1.165, 1.54) is 6.07 Å². The van der Waals surface area contributed by atoms with Crippen molar-refractivity contribution in [2.45, 2.75) is 0 Å². The standard InChI is InChI=1S/C23H19FN8/c1-32-11-7-16-18(6-10-27-22(16)32)29-19-3-2-15(12-17(19)24)28-21-13-20(30-23(25)31-21)14-4-8-26-9-5-14/h2-13H,1H3,(H,27,29)(H3,25,28,30,31). The van der Waals surface area contributed by atoms with Gasteiger partial charge in [-0.1, -0.05) is 0 Å². The molecule has 1 aromatic carbocycles. The predicted molar refractivity (Wildman–Crippen MR) is 123 cm³/mol. The second-order valence-corrected chi connectivity index (χ2v) is 7.20. The summed E-state index contributed by atoms with van der Waals surface area (Å²) in [5.41, 5.74) is 9.85. The van der Waals surface area contributed by atoms with Crippen LogP contribution in [0.25, 0.3) is 22.3 Å². The number of rotatable bonds is 5. The first kappa shape index (κ1) is 19.4. The molecule has 0 fully saturated rings. The number of anilines is 5. The molecule has 0 bridgehead atoms. The number of hydrogen-bond donors (Lipinski definition) is 3. The molecule has 4 N–H and O–H groups in total. The van der Waals surface area contributed by atoms with Crippen LogP contribution in [-0.2, 0) is 7.05 Å². The van der Waals surface area contributed by atoms with Gasteiger partial charge in [0.05, 0.1) is 17.1 Å². The van der Waals surface area contributed by atoms with Crippen molar-refractivity contribution in [3.63, 3.8) is 0 Å². The molecule has 5 rings (SSSR count). The fraction of sp³-hybridized carbons (Fsp3) is 0.0435. The lowest BCUT2D eigenvalue weighted by Crippen LogP contribution is -2.02. The van der Waals surface area contributed by atoms with Crippen LogP contribution in [0.3, 0.4) is 0 Å². The Morgan fingerprint density at radius 1 is 0.906 bits per heavy atom. The van der Waals surface area contributed by atoms with Gasteiger partial charge >= 0.3 is 0 Å². The van der Waals surface area contributed by atoms with Gasteiger partial charge in [-0.2, -0.15) is 4.98 Å². The minimum absolute atomic E-state index is 0.116. The zero-order valence-corrected chi connectivity index (χ0v) is 17.1. The van der Waals surface area contributed by atoms with Gasteiger partial charge in [-0.05, 0) is 42.5 Å². The van der Waals surface area contributed by atoms with E-state index >= 15 is 0 Å². The zero-order valence-electron chi connectivity index (χ0n) is 17.1. The van der Waals surface area contributed by atoms with Crippen LogP contribution in [0, 0.1) is 5.82 Å². The summed E-state index contributed by atoms with van der Waals surface area (Å²) >= 11 is 0. The number of aryl methyl sites for hydroxylation is 1. The van der Waals surface area contributed by atoms with Crippen molar-refractivity contribution < 1.29 is 4.39 Å². The maximum Gasteiger partial charge on any atom is 0.222 e. The first-order chi connectivity index (χ1) is 15.6. The molecule has 0 spiro atoms. The molecule has 4 heterocycles. The van der Waals surface area contributed by atoms with Crippen LogP contribution in [0.2, 0.25) is 0 Å². The molecule has 5 aromatic rings. The van der Waals surface area contributed by atoms with Crippen molar-refractivity contribution in [2.24, 2.45) is 7.05 Å². The quantitative estimate of drug-likeness (QED) is 0.376. The van der Waals surface area contributed by atoms with Gasteiger partial charge in [0.1, 0.15) is 17.3 Å². The molecule has 0 unspecified atom stereocenters. The topological polar surface area (TPSA) is 107 Å². The molecular weight excluding hydrogens is 407 g/mol. The Hall–Kier alpha value is -4.53. The fourth-order valence-corrected chi connectivity index (χ4v) is 3.46. The van der Waals surface area contributed by atoms with E-state index in [2.05, 4.69) is 30.6 Å². The summed E-state index contributed by atoms with van der Waals surface area (Å²) in [6.45, 7) is 0. The van der Waals surface area contributed by atoms with Crippen LogP contribution in [0.4, 0.5) is 33.2 Å². The third-order valence-corrected chi connectivity index (χ3v) is 5.00. The smallest absolute Gasteiger partial charge is 0.222 e. The molecule has 8 nitrogen and oxygen atoms in total. The SMILES string of the molecule is Cn1ccc2c(Nc3ccc(Nc4cc(-c5ccncc5)nc(N)n4)cc3F)ccnc21. The second kappa shape index (κ2) is 7.95. The zero-order chi connectivity index (χ0) is 22.1. The summed E-state index contributed by atoms with van der Waals surface area (Å²) in [5.74, 6) is 0.168. The van der Waals surface area contributed by atoms with Crippen LogP contribution in [0.5, 0.6) is 0 Å². The van der Waals surface area contributed by atoms with E-state index in [0.29, 0.717) is 22.9 Å². The predicted octanol–water partition coefficient (Wildman–Crippen LogP) is 4.63. The van der Waals surface area contributed by atoms with E-state index in [-0.39, 0.29) is 5.95 Å². The van der Waals surface area contributed by atoms with Gasteiger partial charge in [-0.25, -0.2) is 14.4 Å². The van der Waals surface area contributed by atoms with Crippen molar-refractivity contribution in [2.75, 3.05) is 16.4 Å². The first-order valence-corrected chi connectivity index (χ1v) is 9.85. The van der Waals surface area contributed by atoms with E-state index in [9.17, 15) is 4.39 Å². The number of benzene rings is 1. The number of nitrogens with two attached hydrogens (primary N) is 1. The Kier molecular flexibility index (Phi) is 4.83. The van der Waals surface area contributed by atoms with Crippen LogP contribution >= 0.6 is 0 Å². The highest BCUT2D eigenvalue weighted by atomic mass is 19.1. The molecule has 0 aliphatic heterocycles. The Balaban J connectivity index is 1.40. The van der Waals surface area contributed by atoms with Crippen LogP contribution in [0.15, 0.2) is 73.3 Å². The molecule has 0 aliphatic rings. The highest BCUT2D eigenvalue weighted by molar-refractivity contribution is 5.91. The number of pyridine rings is 2. The number of nitrogens with one attached hydrogen (secondary N) is 2. The lowest BCUT2D eigenvalue weighted by Gasteiger charge is -2.12. The van der Waals surface area contributed by atoms with Crippen molar-refractivity contribution in [3.05, 3.63) is 79.1 Å². The number of halogens is 1. The summed E-state index contributed by atoms with van der Waals surface area (Å²) < 4.78 is 16.8. The normalized spacial score (nSPS) is 10.9. The molecule has 158 valence electrons. The number of nitrogens with zero attached hydrogens (tertiary/aromatic N) is 5. The number of fused-ring (bicyclic) bond motifs is 1. The largest absolute Gasteiger partial charge is 0.368 e. The maximum absolute atomic E-state index is 14.9. The molecule has 0 radical (unpaired) electrons. The number of hydrogen-bond acceptors (Lipinski definition) is 7. The van der Waals surface area contributed by atoms with Crippen molar-refractivity contribution in [1.82, 2.24) is 24.5 Å². The fourth-order valence-electron chi connectivity index (χ4n) is 3.46. The van der Waals surface area contributed by atoms with Crippen molar-refractivity contribution in [1.29, 1.82) is 0 Å². The molecule has 9 heteroatoms. The van der Waals surface area contributed by atoms with E-state index < -0.39 is 5.82 Å². The Labute approximate surface area is 183 Å². The van der Waals surface area contributed by atoms with Crippen LogP contribution in [0.1, 0.15) is 0 Å². The van der Waals surface area contributed by atoms with E-state index in [1.54, 1.807) is 36.8 Å². The van der Waals surface area contributed by atoms with Crippen molar-refractivity contribution >= 4 is 39.9 Å². The van der Waals surface area contributed by atoms with E-state index in [0.717, 1.165) is 22.3 Å². The molecule has 32 heavy (non-hydrogen) atoms. The Morgan fingerprint density at radius 2 is 1.75 bits per heavy atom. The van der Waals surface area contributed by atoms with Crippen molar-refractivity contribution in [3.8, 4) is 11.3 Å². The number of nitrogen functional groups attached to an aromatic ring is 1. The van der Waals surface area contributed by atoms with Gasteiger partial charge in [0.2, 0.25) is 5.95 Å².